The highest BCUT2D eigenvalue weighted by Crippen LogP contribution is 2.32. The number of hydrogen-bond donors (Lipinski definition) is 1. The fourth-order valence-corrected chi connectivity index (χ4v) is 2.71. The summed E-state index contributed by atoms with van der Waals surface area (Å²) in [7, 11) is 3.27. The second-order valence-electron chi connectivity index (χ2n) is 4.46. The van der Waals surface area contributed by atoms with E-state index in [1.807, 2.05) is 36.4 Å². The normalized spacial score (nSPS) is 11.8. The van der Waals surface area contributed by atoms with Crippen molar-refractivity contribution in [3.8, 4) is 11.5 Å². The number of methoxy groups -OCH3 is 2. The van der Waals surface area contributed by atoms with E-state index < -0.39 is 0 Å². The molecule has 1 unspecified atom stereocenters. The molecule has 0 saturated carbocycles. The molecular formula is C16H18BrNO2. The van der Waals surface area contributed by atoms with Crippen LogP contribution in [0.2, 0.25) is 0 Å². The molecule has 0 aliphatic carbocycles. The minimum atomic E-state index is 0.184. The third kappa shape index (κ3) is 3.25. The predicted octanol–water partition coefficient (Wildman–Crippen LogP) is 4.64. The molecule has 0 bridgehead atoms. The third-order valence-corrected chi connectivity index (χ3v) is 3.86. The Morgan fingerprint density at radius 2 is 1.70 bits per heavy atom. The molecule has 0 aliphatic heterocycles. The zero-order valence-electron chi connectivity index (χ0n) is 11.8. The number of benzene rings is 2. The number of anilines is 1. The van der Waals surface area contributed by atoms with Gasteiger partial charge in [0, 0.05) is 22.3 Å². The van der Waals surface area contributed by atoms with Crippen LogP contribution in [0.4, 0.5) is 5.69 Å². The zero-order chi connectivity index (χ0) is 14.5. The molecule has 4 heteroatoms. The Hall–Kier alpha value is -1.68. The first-order valence-electron chi connectivity index (χ1n) is 6.38. The molecular weight excluding hydrogens is 318 g/mol. The molecule has 1 atom stereocenters. The largest absolute Gasteiger partial charge is 0.493 e. The van der Waals surface area contributed by atoms with E-state index in [0.717, 1.165) is 21.7 Å². The van der Waals surface area contributed by atoms with Gasteiger partial charge in [-0.3, -0.25) is 0 Å². The number of hydrogen-bond acceptors (Lipinski definition) is 3. The molecule has 1 N–H and O–H groups in total. The maximum absolute atomic E-state index is 5.31. The van der Waals surface area contributed by atoms with Gasteiger partial charge in [-0.2, -0.15) is 0 Å². The second kappa shape index (κ2) is 6.66. The van der Waals surface area contributed by atoms with Crippen molar-refractivity contribution in [1.82, 2.24) is 0 Å². The topological polar surface area (TPSA) is 30.5 Å². The molecule has 2 aromatic rings. The predicted molar refractivity (Wildman–Crippen MR) is 85.7 cm³/mol. The Kier molecular flexibility index (Phi) is 4.90. The van der Waals surface area contributed by atoms with Gasteiger partial charge in [-0.25, -0.2) is 0 Å². The Balaban J connectivity index is 2.20. The van der Waals surface area contributed by atoms with Crippen LogP contribution in [0.1, 0.15) is 18.5 Å². The Bertz CT molecular complexity index is 586. The van der Waals surface area contributed by atoms with Crippen LogP contribution in [0.15, 0.2) is 46.9 Å². The Labute approximate surface area is 128 Å². The molecule has 0 saturated heterocycles. The van der Waals surface area contributed by atoms with Gasteiger partial charge >= 0.3 is 0 Å². The SMILES string of the molecule is COc1ccc(NC(C)c2ccccc2Br)cc1OC. The molecule has 3 nitrogen and oxygen atoms in total. The summed E-state index contributed by atoms with van der Waals surface area (Å²) in [5.74, 6) is 1.45. The van der Waals surface area contributed by atoms with E-state index in [2.05, 4.69) is 34.2 Å². The number of nitrogens with one attached hydrogen (secondary N) is 1. The molecule has 2 aromatic carbocycles. The van der Waals surface area contributed by atoms with E-state index in [0.29, 0.717) is 0 Å². The van der Waals surface area contributed by atoms with E-state index in [-0.39, 0.29) is 6.04 Å². The highest BCUT2D eigenvalue weighted by atomic mass is 79.9. The summed E-state index contributed by atoms with van der Waals surface area (Å²) in [6.45, 7) is 2.12. The summed E-state index contributed by atoms with van der Waals surface area (Å²) in [6, 6.07) is 14.2. The first-order valence-corrected chi connectivity index (χ1v) is 7.18. The zero-order valence-corrected chi connectivity index (χ0v) is 13.4. The van der Waals surface area contributed by atoms with Crippen molar-refractivity contribution in [1.29, 1.82) is 0 Å². The van der Waals surface area contributed by atoms with Crippen LogP contribution >= 0.6 is 15.9 Å². The number of halogens is 1. The van der Waals surface area contributed by atoms with Crippen molar-refractivity contribution in [2.75, 3.05) is 19.5 Å². The number of ether oxygens (including phenoxy) is 2. The molecule has 0 heterocycles. The molecule has 0 spiro atoms. The smallest absolute Gasteiger partial charge is 0.162 e. The third-order valence-electron chi connectivity index (χ3n) is 3.14. The maximum Gasteiger partial charge on any atom is 0.162 e. The van der Waals surface area contributed by atoms with Gasteiger partial charge in [0.15, 0.2) is 11.5 Å². The lowest BCUT2D eigenvalue weighted by Gasteiger charge is -2.18. The fourth-order valence-electron chi connectivity index (χ4n) is 2.08. The van der Waals surface area contributed by atoms with E-state index in [9.17, 15) is 0 Å². The lowest BCUT2D eigenvalue weighted by atomic mass is 10.1. The second-order valence-corrected chi connectivity index (χ2v) is 5.31. The van der Waals surface area contributed by atoms with E-state index in [4.69, 9.17) is 9.47 Å². The number of rotatable bonds is 5. The first-order chi connectivity index (χ1) is 9.65. The minimum absolute atomic E-state index is 0.184. The highest BCUT2D eigenvalue weighted by molar-refractivity contribution is 9.10. The molecule has 106 valence electrons. The maximum atomic E-state index is 5.31. The summed E-state index contributed by atoms with van der Waals surface area (Å²) in [6.07, 6.45) is 0. The molecule has 0 amide bonds. The van der Waals surface area contributed by atoms with Crippen LogP contribution in [0.5, 0.6) is 11.5 Å². The minimum Gasteiger partial charge on any atom is -0.493 e. The van der Waals surface area contributed by atoms with E-state index in [1.54, 1.807) is 14.2 Å². The van der Waals surface area contributed by atoms with Gasteiger partial charge in [0.1, 0.15) is 0 Å². The van der Waals surface area contributed by atoms with Crippen LogP contribution in [-0.2, 0) is 0 Å². The summed E-state index contributed by atoms with van der Waals surface area (Å²) >= 11 is 3.58. The van der Waals surface area contributed by atoms with Gasteiger partial charge in [-0.1, -0.05) is 34.1 Å². The van der Waals surface area contributed by atoms with Gasteiger partial charge < -0.3 is 14.8 Å². The molecule has 20 heavy (non-hydrogen) atoms. The Morgan fingerprint density at radius 1 is 1.00 bits per heavy atom. The standard InChI is InChI=1S/C16H18BrNO2/c1-11(13-6-4-5-7-14(13)17)18-12-8-9-15(19-2)16(10-12)20-3/h4-11,18H,1-3H3. The van der Waals surface area contributed by atoms with Gasteiger partial charge in [0.2, 0.25) is 0 Å². The Morgan fingerprint density at radius 3 is 2.35 bits per heavy atom. The average Bonchev–Trinajstić information content (AvgIpc) is 2.47. The lowest BCUT2D eigenvalue weighted by Crippen LogP contribution is -2.07. The molecule has 0 radical (unpaired) electrons. The van der Waals surface area contributed by atoms with Crippen molar-refractivity contribution in [3.63, 3.8) is 0 Å². The summed E-state index contributed by atoms with van der Waals surface area (Å²) < 4.78 is 11.7. The molecule has 0 aliphatic rings. The summed E-state index contributed by atoms with van der Waals surface area (Å²) in [5, 5.41) is 3.46. The monoisotopic (exact) mass is 335 g/mol. The summed E-state index contributed by atoms with van der Waals surface area (Å²) in [4.78, 5) is 0. The van der Waals surface area contributed by atoms with Crippen LogP contribution in [0, 0.1) is 0 Å². The molecule has 0 fully saturated rings. The van der Waals surface area contributed by atoms with Crippen molar-refractivity contribution in [2.45, 2.75) is 13.0 Å². The van der Waals surface area contributed by atoms with Gasteiger partial charge in [0.25, 0.3) is 0 Å². The van der Waals surface area contributed by atoms with Crippen LogP contribution < -0.4 is 14.8 Å². The highest BCUT2D eigenvalue weighted by Gasteiger charge is 2.10. The van der Waals surface area contributed by atoms with Gasteiger partial charge in [0.05, 0.1) is 14.2 Å². The summed E-state index contributed by atoms with van der Waals surface area (Å²) in [5.41, 5.74) is 2.20. The lowest BCUT2D eigenvalue weighted by molar-refractivity contribution is 0.355. The quantitative estimate of drug-likeness (QED) is 0.863. The van der Waals surface area contributed by atoms with Crippen LogP contribution in [0.3, 0.4) is 0 Å². The average molecular weight is 336 g/mol. The van der Waals surface area contributed by atoms with Gasteiger partial charge in [-0.05, 0) is 30.7 Å². The molecule has 2 rings (SSSR count). The first kappa shape index (κ1) is 14.7. The van der Waals surface area contributed by atoms with E-state index in [1.165, 1.54) is 5.56 Å². The van der Waals surface area contributed by atoms with Crippen molar-refractivity contribution >= 4 is 21.6 Å². The van der Waals surface area contributed by atoms with Crippen molar-refractivity contribution in [3.05, 3.63) is 52.5 Å². The fraction of sp³-hybridized carbons (Fsp3) is 0.250. The van der Waals surface area contributed by atoms with Gasteiger partial charge in [-0.15, -0.1) is 0 Å². The molecule has 0 aromatic heterocycles. The van der Waals surface area contributed by atoms with Crippen molar-refractivity contribution in [2.24, 2.45) is 0 Å². The van der Waals surface area contributed by atoms with Crippen molar-refractivity contribution < 1.29 is 9.47 Å². The van der Waals surface area contributed by atoms with Crippen LogP contribution in [-0.4, -0.2) is 14.2 Å². The van der Waals surface area contributed by atoms with E-state index >= 15 is 0 Å². The van der Waals surface area contributed by atoms with Crippen LogP contribution in [0.25, 0.3) is 0 Å².